The van der Waals surface area contributed by atoms with E-state index >= 15 is 0 Å². The number of hydrogen-bond acceptors (Lipinski definition) is 8. The van der Waals surface area contributed by atoms with Gasteiger partial charge in [0.25, 0.3) is 0 Å². The number of nitrogens with zero attached hydrogens (tertiary/aromatic N) is 3. The number of anilines is 2. The lowest BCUT2D eigenvalue weighted by molar-refractivity contribution is 0.565. The van der Waals surface area contributed by atoms with E-state index in [0.29, 0.717) is 10.9 Å². The molecule has 0 atom stereocenters. The molecule has 0 bridgehead atoms. The van der Waals surface area contributed by atoms with Gasteiger partial charge >= 0.3 is 0 Å². The molecule has 0 unspecified atom stereocenters. The number of pyridine rings is 1. The third-order valence-corrected chi connectivity index (χ3v) is 8.31. The molecule has 2 rings (SSSR count). The minimum atomic E-state index is -3.38. The van der Waals surface area contributed by atoms with Crippen LogP contribution in [-0.2, 0) is 20.0 Å². The van der Waals surface area contributed by atoms with Gasteiger partial charge in [-0.2, -0.15) is 0 Å². The van der Waals surface area contributed by atoms with Gasteiger partial charge in [-0.3, -0.25) is 9.44 Å². The minimum absolute atomic E-state index is 0. The van der Waals surface area contributed by atoms with Gasteiger partial charge in [0.05, 0.1) is 9.49 Å². The second kappa shape index (κ2) is 13.7. The van der Waals surface area contributed by atoms with Gasteiger partial charge in [0.1, 0.15) is 10.8 Å². The van der Waals surface area contributed by atoms with Gasteiger partial charge in [-0.05, 0) is 60.6 Å². The molecule has 32 heavy (non-hydrogen) atoms. The van der Waals surface area contributed by atoms with Crippen molar-refractivity contribution >= 4 is 42.3 Å². The van der Waals surface area contributed by atoms with Crippen LogP contribution in [0.2, 0.25) is 0 Å². The smallest absolute Gasteiger partial charge is 0.239 e. The summed E-state index contributed by atoms with van der Waals surface area (Å²) in [5.41, 5.74) is 0. The number of rotatable bonds is 4. The molecule has 2 N–H and O–H groups in total. The molecule has 0 saturated carbocycles. The molecule has 0 aliphatic heterocycles. The van der Waals surface area contributed by atoms with Gasteiger partial charge in [0.15, 0.2) is 0 Å². The highest BCUT2D eigenvalue weighted by molar-refractivity contribution is 7.94. The molecule has 2 heterocycles. The molecule has 0 spiro atoms. The summed E-state index contributed by atoms with van der Waals surface area (Å²) in [6.45, 7) is 11.6. The van der Waals surface area contributed by atoms with Crippen LogP contribution in [0.1, 0.15) is 76.3 Å². The van der Waals surface area contributed by atoms with Crippen LogP contribution in [0.3, 0.4) is 0 Å². The Bertz CT molecular complexity index is 976. The fourth-order valence-corrected chi connectivity index (χ4v) is 3.54. The van der Waals surface area contributed by atoms with Gasteiger partial charge in [0, 0.05) is 6.20 Å². The maximum absolute atomic E-state index is 11.7. The third-order valence-electron chi connectivity index (χ3n) is 3.26. The van der Waals surface area contributed by atoms with Crippen LogP contribution in [0.5, 0.6) is 0 Å². The topological polar surface area (TPSA) is 131 Å². The monoisotopic (exact) mass is 513 g/mol. The van der Waals surface area contributed by atoms with E-state index in [1.54, 1.807) is 72.9 Å². The van der Waals surface area contributed by atoms with Crippen molar-refractivity contribution in [1.82, 2.24) is 15.2 Å². The van der Waals surface area contributed by atoms with Gasteiger partial charge in [-0.15, -0.1) is 10.2 Å². The van der Waals surface area contributed by atoms with Gasteiger partial charge in [0.2, 0.25) is 25.2 Å². The van der Waals surface area contributed by atoms with E-state index in [9.17, 15) is 16.8 Å². The van der Waals surface area contributed by atoms with Gasteiger partial charge in [-0.25, -0.2) is 21.8 Å². The lowest BCUT2D eigenvalue weighted by Crippen LogP contribution is -2.33. The van der Waals surface area contributed by atoms with Crippen molar-refractivity contribution in [2.24, 2.45) is 0 Å². The van der Waals surface area contributed by atoms with E-state index in [-0.39, 0.29) is 29.7 Å². The molecular formula is C20H43N5O4S3. The summed E-state index contributed by atoms with van der Waals surface area (Å²) < 4.78 is 49.8. The molecule has 0 aromatic carbocycles. The van der Waals surface area contributed by atoms with Crippen LogP contribution in [-0.4, -0.2) is 41.5 Å². The molecule has 9 nitrogen and oxygen atoms in total. The molecule has 0 aliphatic carbocycles. The summed E-state index contributed by atoms with van der Waals surface area (Å²) in [5, 5.41) is 8.47. The van der Waals surface area contributed by atoms with Crippen molar-refractivity contribution in [2.45, 2.75) is 87.7 Å². The molecular weight excluding hydrogens is 470 g/mol. The highest BCUT2D eigenvalue weighted by atomic mass is 32.2. The molecule has 0 saturated heterocycles. The van der Waals surface area contributed by atoms with Gasteiger partial charge < -0.3 is 0 Å². The number of sulfonamides is 2. The second-order valence-corrected chi connectivity index (χ2v) is 13.8. The quantitative estimate of drug-likeness (QED) is 0.547. The second-order valence-electron chi connectivity index (χ2n) is 7.78. The summed E-state index contributed by atoms with van der Waals surface area (Å²) >= 11 is 1.22. The molecule has 2 aromatic rings. The maximum Gasteiger partial charge on any atom is 0.239 e. The Balaban J connectivity index is -0.000000218. The first kappa shape index (κ1) is 37.5. The van der Waals surface area contributed by atoms with Crippen LogP contribution in [0.15, 0.2) is 24.4 Å². The van der Waals surface area contributed by atoms with Crippen molar-refractivity contribution in [3.05, 3.63) is 29.4 Å². The van der Waals surface area contributed by atoms with Crippen molar-refractivity contribution in [3.63, 3.8) is 0 Å². The van der Waals surface area contributed by atoms with Crippen molar-refractivity contribution in [2.75, 3.05) is 9.44 Å². The summed E-state index contributed by atoms with van der Waals surface area (Å²) in [4.78, 5) is 3.89. The van der Waals surface area contributed by atoms with Crippen molar-refractivity contribution in [1.29, 1.82) is 0 Å². The number of aryl methyl sites for hydroxylation is 1. The highest BCUT2D eigenvalue weighted by Gasteiger charge is 2.30. The summed E-state index contributed by atoms with van der Waals surface area (Å²) in [5.74, 6) is 0.349. The zero-order valence-electron chi connectivity index (χ0n) is 17.0. The zero-order valence-corrected chi connectivity index (χ0v) is 19.5. The maximum atomic E-state index is 11.7. The first-order valence-corrected chi connectivity index (χ1v) is 12.1. The van der Waals surface area contributed by atoms with E-state index in [4.69, 9.17) is 0 Å². The lowest BCUT2D eigenvalue weighted by Gasteiger charge is -2.19. The largest absolute Gasteiger partial charge is 0.267 e. The van der Waals surface area contributed by atoms with E-state index in [0.717, 1.165) is 5.01 Å². The molecule has 0 fully saturated rings. The van der Waals surface area contributed by atoms with Crippen LogP contribution in [0, 0.1) is 6.92 Å². The summed E-state index contributed by atoms with van der Waals surface area (Å²) in [7, 11) is -6.74. The van der Waals surface area contributed by atoms with E-state index in [1.807, 2.05) is 0 Å². The Kier molecular flexibility index (Phi) is 16.0. The van der Waals surface area contributed by atoms with Crippen molar-refractivity contribution < 1.29 is 16.8 Å². The average Bonchev–Trinajstić information content (AvgIpc) is 2.90. The number of hydrogen-bond donors (Lipinski definition) is 2. The fraction of sp³-hybridized carbons (Fsp3) is 0.650. The molecule has 12 heteroatoms. The Labute approximate surface area is 200 Å². The molecule has 0 radical (unpaired) electrons. The minimum Gasteiger partial charge on any atom is -0.267 e. The van der Waals surface area contributed by atoms with Crippen LogP contribution in [0.4, 0.5) is 10.9 Å². The average molecular weight is 514 g/mol. The predicted molar refractivity (Wildman–Crippen MR) is 140 cm³/mol. The number of aromatic nitrogens is 3. The normalized spacial score (nSPS) is 11.1. The van der Waals surface area contributed by atoms with Gasteiger partial charge in [-0.1, -0.05) is 47.1 Å². The summed E-state index contributed by atoms with van der Waals surface area (Å²) in [6.07, 6.45) is 1.54. The Morgan fingerprint density at radius 3 is 1.59 bits per heavy atom. The van der Waals surface area contributed by atoms with E-state index in [1.165, 1.54) is 11.3 Å². The standard InChI is InChI=1S/C9H14N2O2S.C7H13N3O2S2.4CH4/c1-9(2,3)14(12,13)11-8-6-4-5-7-10-8;1-5-8-9-6(13-5)10-14(11,12)7(2,3)4;;;;/h4-7H,1-3H3,(H,10,11);1-4H3,(H,9,10);4*1H4. The van der Waals surface area contributed by atoms with E-state index < -0.39 is 29.5 Å². The fourth-order valence-electron chi connectivity index (χ4n) is 1.32. The molecule has 190 valence electrons. The Morgan fingerprint density at radius 2 is 1.25 bits per heavy atom. The third kappa shape index (κ3) is 11.2. The van der Waals surface area contributed by atoms with E-state index in [2.05, 4.69) is 24.6 Å². The highest BCUT2D eigenvalue weighted by Crippen LogP contribution is 2.21. The lowest BCUT2D eigenvalue weighted by atomic mass is 10.3. The predicted octanol–water partition coefficient (Wildman–Crippen LogP) is 5.55. The first-order chi connectivity index (χ1) is 12.6. The van der Waals surface area contributed by atoms with Crippen LogP contribution >= 0.6 is 11.3 Å². The SMILES string of the molecule is C.C.C.C.CC(C)(C)S(=O)(=O)Nc1ccccn1.Cc1nnc(NS(=O)(=O)C(C)(C)C)s1. The van der Waals surface area contributed by atoms with Crippen LogP contribution < -0.4 is 9.44 Å². The van der Waals surface area contributed by atoms with Crippen molar-refractivity contribution in [3.8, 4) is 0 Å². The Hall–Kier alpha value is -1.79. The summed E-state index contributed by atoms with van der Waals surface area (Å²) in [6, 6.07) is 5.08. The van der Waals surface area contributed by atoms with Crippen LogP contribution in [0.25, 0.3) is 0 Å². The Morgan fingerprint density at radius 1 is 0.781 bits per heavy atom. The number of nitrogens with one attached hydrogen (secondary N) is 2. The molecule has 0 amide bonds. The molecule has 0 aliphatic rings. The molecule has 2 aromatic heterocycles. The zero-order chi connectivity index (χ0) is 21.8. The first-order valence-electron chi connectivity index (χ1n) is 8.31.